The molecule has 0 saturated carbocycles. The first kappa shape index (κ1) is 15.3. The van der Waals surface area contributed by atoms with Crippen LogP contribution in [0.1, 0.15) is 10.9 Å². The molecule has 20 heavy (non-hydrogen) atoms. The van der Waals surface area contributed by atoms with Crippen molar-refractivity contribution in [2.24, 2.45) is 0 Å². The minimum Gasteiger partial charge on any atom is -0.209 e. The number of alkyl halides is 1. The summed E-state index contributed by atoms with van der Waals surface area (Å²) in [6.45, 7) is 0.122. The zero-order valence-corrected chi connectivity index (χ0v) is 12.8. The fourth-order valence-electron chi connectivity index (χ4n) is 1.66. The Kier molecular flexibility index (Phi) is 5.05. The summed E-state index contributed by atoms with van der Waals surface area (Å²) in [6, 6.07) is 15.3. The second-order valence-electron chi connectivity index (χ2n) is 4.18. The number of hydrogen-bond donors (Lipinski definition) is 1. The summed E-state index contributed by atoms with van der Waals surface area (Å²) in [4.78, 5) is 0.166. The Bertz CT molecular complexity index is 657. The van der Waals surface area contributed by atoms with Crippen molar-refractivity contribution in [2.45, 2.75) is 10.3 Å². The normalized spacial score (nSPS) is 13.1. The van der Waals surface area contributed by atoms with Crippen molar-refractivity contribution in [1.82, 2.24) is 4.72 Å². The quantitative estimate of drug-likeness (QED) is 0.852. The van der Waals surface area contributed by atoms with Gasteiger partial charge in [0.15, 0.2) is 0 Å². The lowest BCUT2D eigenvalue weighted by molar-refractivity contribution is 0.581. The van der Waals surface area contributed by atoms with Gasteiger partial charge >= 0.3 is 0 Å². The van der Waals surface area contributed by atoms with Crippen LogP contribution in [0, 0.1) is 0 Å². The van der Waals surface area contributed by atoms with E-state index in [0.717, 1.165) is 5.56 Å². The van der Waals surface area contributed by atoms with Crippen LogP contribution in [0.5, 0.6) is 0 Å². The molecule has 0 fully saturated rings. The molecule has 2 aromatic rings. The maximum absolute atomic E-state index is 12.1. The molecule has 106 valence electrons. The monoisotopic (exact) mass is 329 g/mol. The second-order valence-corrected chi connectivity index (χ2v) is 6.91. The van der Waals surface area contributed by atoms with Gasteiger partial charge in [-0.25, -0.2) is 13.1 Å². The molecule has 0 amide bonds. The van der Waals surface area contributed by atoms with Gasteiger partial charge in [0.1, 0.15) is 0 Å². The number of sulfonamides is 1. The Labute approximate surface area is 128 Å². The van der Waals surface area contributed by atoms with Crippen LogP contribution in [0.15, 0.2) is 59.5 Å². The van der Waals surface area contributed by atoms with Gasteiger partial charge < -0.3 is 0 Å². The highest BCUT2D eigenvalue weighted by molar-refractivity contribution is 7.89. The first-order chi connectivity index (χ1) is 9.49. The van der Waals surface area contributed by atoms with Crippen molar-refractivity contribution in [3.63, 3.8) is 0 Å². The van der Waals surface area contributed by atoms with E-state index in [2.05, 4.69) is 4.72 Å². The number of hydrogen-bond acceptors (Lipinski definition) is 2. The summed E-state index contributed by atoms with van der Waals surface area (Å²) in [5.74, 6) is 0. The third kappa shape index (κ3) is 3.96. The Balaban J connectivity index is 2.04. The van der Waals surface area contributed by atoms with Crippen molar-refractivity contribution in [3.8, 4) is 0 Å². The molecule has 0 aliphatic heterocycles. The highest BCUT2D eigenvalue weighted by Crippen LogP contribution is 2.20. The number of halogens is 2. The van der Waals surface area contributed by atoms with Crippen LogP contribution in [0.2, 0.25) is 5.02 Å². The average molecular weight is 330 g/mol. The van der Waals surface area contributed by atoms with E-state index in [1.54, 1.807) is 0 Å². The second kappa shape index (κ2) is 6.59. The Hall–Kier alpha value is -1.07. The van der Waals surface area contributed by atoms with Crippen molar-refractivity contribution < 1.29 is 8.42 Å². The number of rotatable bonds is 5. The fourth-order valence-corrected chi connectivity index (χ4v) is 3.15. The van der Waals surface area contributed by atoms with Crippen LogP contribution >= 0.6 is 23.2 Å². The van der Waals surface area contributed by atoms with E-state index in [4.69, 9.17) is 23.2 Å². The van der Waals surface area contributed by atoms with Crippen molar-refractivity contribution in [3.05, 3.63) is 65.2 Å². The molecule has 0 heterocycles. The number of nitrogens with one attached hydrogen (secondary N) is 1. The maximum Gasteiger partial charge on any atom is 0.240 e. The van der Waals surface area contributed by atoms with E-state index in [1.807, 2.05) is 30.3 Å². The summed E-state index contributed by atoms with van der Waals surface area (Å²) in [6.07, 6.45) is 0. The molecular weight excluding hydrogens is 317 g/mol. The minimum atomic E-state index is -3.57. The molecule has 0 aliphatic rings. The summed E-state index contributed by atoms with van der Waals surface area (Å²) >= 11 is 11.9. The molecule has 0 aromatic heterocycles. The van der Waals surface area contributed by atoms with Crippen LogP contribution in [0.3, 0.4) is 0 Å². The average Bonchev–Trinajstić information content (AvgIpc) is 2.46. The molecular formula is C14H13Cl2NO2S. The van der Waals surface area contributed by atoms with E-state index in [1.165, 1.54) is 24.3 Å². The maximum atomic E-state index is 12.1. The molecule has 2 rings (SSSR count). The molecule has 3 nitrogen and oxygen atoms in total. The first-order valence-corrected chi connectivity index (χ1v) is 8.23. The predicted molar refractivity (Wildman–Crippen MR) is 81.7 cm³/mol. The van der Waals surface area contributed by atoms with E-state index < -0.39 is 15.4 Å². The molecule has 0 saturated heterocycles. The molecule has 1 N–H and O–H groups in total. The van der Waals surface area contributed by atoms with E-state index in [9.17, 15) is 8.42 Å². The van der Waals surface area contributed by atoms with Crippen molar-refractivity contribution >= 4 is 33.2 Å². The van der Waals surface area contributed by atoms with Crippen LogP contribution in [-0.2, 0) is 10.0 Å². The van der Waals surface area contributed by atoms with E-state index in [0.29, 0.717) is 5.02 Å². The van der Waals surface area contributed by atoms with Gasteiger partial charge in [-0.2, -0.15) is 0 Å². The Morgan fingerprint density at radius 2 is 1.60 bits per heavy atom. The molecule has 1 unspecified atom stereocenters. The smallest absolute Gasteiger partial charge is 0.209 e. The van der Waals surface area contributed by atoms with Gasteiger partial charge in [-0.1, -0.05) is 41.9 Å². The molecule has 0 bridgehead atoms. The number of benzene rings is 2. The summed E-state index contributed by atoms with van der Waals surface area (Å²) in [7, 11) is -3.57. The standard InChI is InChI=1S/C14H13Cl2NO2S/c15-12-6-8-13(9-7-12)20(18,19)17-10-14(16)11-4-2-1-3-5-11/h1-9,14,17H,10H2. The summed E-state index contributed by atoms with van der Waals surface area (Å²) in [5.41, 5.74) is 0.868. The fraction of sp³-hybridized carbons (Fsp3) is 0.143. The lowest BCUT2D eigenvalue weighted by atomic mass is 10.1. The first-order valence-electron chi connectivity index (χ1n) is 5.93. The molecule has 0 radical (unpaired) electrons. The van der Waals surface area contributed by atoms with Gasteiger partial charge in [-0.15, -0.1) is 11.6 Å². The van der Waals surface area contributed by atoms with E-state index >= 15 is 0 Å². The van der Waals surface area contributed by atoms with Crippen LogP contribution in [0.25, 0.3) is 0 Å². The molecule has 0 aliphatic carbocycles. The van der Waals surface area contributed by atoms with Gasteiger partial charge in [0.2, 0.25) is 10.0 Å². The van der Waals surface area contributed by atoms with Crippen molar-refractivity contribution in [1.29, 1.82) is 0 Å². The van der Waals surface area contributed by atoms with Crippen LogP contribution in [-0.4, -0.2) is 15.0 Å². The van der Waals surface area contributed by atoms with Crippen LogP contribution < -0.4 is 4.72 Å². The highest BCUT2D eigenvalue weighted by Gasteiger charge is 2.16. The molecule has 2 aromatic carbocycles. The largest absolute Gasteiger partial charge is 0.240 e. The topological polar surface area (TPSA) is 46.2 Å². The minimum absolute atomic E-state index is 0.122. The third-order valence-corrected chi connectivity index (χ3v) is 4.84. The lowest BCUT2D eigenvalue weighted by Gasteiger charge is -2.11. The van der Waals surface area contributed by atoms with Gasteiger partial charge in [0, 0.05) is 11.6 Å². The SMILES string of the molecule is O=S(=O)(NCC(Cl)c1ccccc1)c1ccc(Cl)cc1. The lowest BCUT2D eigenvalue weighted by Crippen LogP contribution is -2.27. The van der Waals surface area contributed by atoms with Gasteiger partial charge in [0.05, 0.1) is 10.3 Å². The zero-order chi connectivity index (χ0) is 14.6. The third-order valence-electron chi connectivity index (χ3n) is 2.74. The summed E-state index contributed by atoms with van der Waals surface area (Å²) in [5, 5.41) is 0.0710. The summed E-state index contributed by atoms with van der Waals surface area (Å²) < 4.78 is 26.6. The Morgan fingerprint density at radius 3 is 2.20 bits per heavy atom. The van der Waals surface area contributed by atoms with Gasteiger partial charge in [0.25, 0.3) is 0 Å². The zero-order valence-electron chi connectivity index (χ0n) is 10.5. The molecule has 6 heteroatoms. The highest BCUT2D eigenvalue weighted by atomic mass is 35.5. The van der Waals surface area contributed by atoms with E-state index in [-0.39, 0.29) is 11.4 Å². The molecule has 1 atom stereocenters. The van der Waals surface area contributed by atoms with Crippen LogP contribution in [0.4, 0.5) is 0 Å². The van der Waals surface area contributed by atoms with Gasteiger partial charge in [-0.05, 0) is 29.8 Å². The van der Waals surface area contributed by atoms with Crippen molar-refractivity contribution in [2.75, 3.05) is 6.54 Å². The molecule has 0 spiro atoms. The predicted octanol–water partition coefficient (Wildman–Crippen LogP) is 3.60. The van der Waals surface area contributed by atoms with Gasteiger partial charge in [-0.3, -0.25) is 0 Å². The Morgan fingerprint density at radius 1 is 1.00 bits per heavy atom.